The fraction of sp³-hybridized carbons (Fsp3) is 0.381. The second kappa shape index (κ2) is 8.84. The lowest BCUT2D eigenvalue weighted by atomic mass is 10.2. The fourth-order valence-electron chi connectivity index (χ4n) is 3.19. The third-order valence-electron chi connectivity index (χ3n) is 4.91. The lowest BCUT2D eigenvalue weighted by molar-refractivity contribution is -0.139. The van der Waals surface area contributed by atoms with E-state index in [-0.39, 0.29) is 23.9 Å². The first-order chi connectivity index (χ1) is 13.8. The van der Waals surface area contributed by atoms with Crippen LogP contribution >= 0.6 is 0 Å². The molecular weight excluding hydrogens is 392 g/mol. The van der Waals surface area contributed by atoms with E-state index in [1.165, 1.54) is 4.31 Å². The number of methoxy groups -OCH3 is 1. The van der Waals surface area contributed by atoms with Crippen molar-refractivity contribution < 1.29 is 22.7 Å². The van der Waals surface area contributed by atoms with Gasteiger partial charge in [-0.05, 0) is 38.1 Å². The molecule has 0 aliphatic carbocycles. The molecule has 1 heterocycles. The minimum atomic E-state index is -3.55. The smallest absolute Gasteiger partial charge is 0.263 e. The van der Waals surface area contributed by atoms with Crippen LogP contribution in [0.5, 0.6) is 11.5 Å². The average molecular weight is 419 g/mol. The van der Waals surface area contributed by atoms with Gasteiger partial charge in [0, 0.05) is 32.2 Å². The van der Waals surface area contributed by atoms with Crippen LogP contribution in [-0.2, 0) is 14.8 Å². The van der Waals surface area contributed by atoms with Crippen molar-refractivity contribution in [3.63, 3.8) is 0 Å². The Hall–Kier alpha value is -2.58. The lowest BCUT2D eigenvalue weighted by Crippen LogP contribution is -2.53. The van der Waals surface area contributed by atoms with E-state index in [0.717, 1.165) is 5.56 Å². The maximum atomic E-state index is 12.8. The number of ether oxygens (including phenoxy) is 2. The molecule has 0 bridgehead atoms. The van der Waals surface area contributed by atoms with E-state index in [0.29, 0.717) is 24.6 Å². The number of amides is 1. The summed E-state index contributed by atoms with van der Waals surface area (Å²) in [5.41, 5.74) is 1.00. The zero-order valence-corrected chi connectivity index (χ0v) is 17.7. The summed E-state index contributed by atoms with van der Waals surface area (Å²) in [6, 6.07) is 13.9. The van der Waals surface area contributed by atoms with Crippen LogP contribution < -0.4 is 9.47 Å². The highest BCUT2D eigenvalue weighted by Crippen LogP contribution is 2.22. The van der Waals surface area contributed by atoms with Gasteiger partial charge in [-0.25, -0.2) is 8.42 Å². The quantitative estimate of drug-likeness (QED) is 0.720. The van der Waals surface area contributed by atoms with E-state index in [4.69, 9.17) is 9.47 Å². The molecule has 0 N–H and O–H groups in total. The van der Waals surface area contributed by atoms with Crippen LogP contribution in [0.4, 0.5) is 0 Å². The Kier molecular flexibility index (Phi) is 6.44. The Morgan fingerprint density at radius 2 is 1.62 bits per heavy atom. The van der Waals surface area contributed by atoms with Gasteiger partial charge in [0.2, 0.25) is 10.0 Å². The van der Waals surface area contributed by atoms with Crippen molar-refractivity contribution >= 4 is 15.9 Å². The Bertz CT molecular complexity index is 951. The molecule has 2 aromatic rings. The zero-order chi connectivity index (χ0) is 21.0. The number of sulfonamides is 1. The monoisotopic (exact) mass is 418 g/mol. The summed E-state index contributed by atoms with van der Waals surface area (Å²) in [5, 5.41) is 0. The van der Waals surface area contributed by atoms with Crippen LogP contribution in [0.2, 0.25) is 0 Å². The molecule has 2 aromatic carbocycles. The van der Waals surface area contributed by atoms with Crippen LogP contribution in [-0.4, -0.2) is 62.9 Å². The third-order valence-corrected chi connectivity index (χ3v) is 6.82. The maximum Gasteiger partial charge on any atom is 0.263 e. The molecule has 1 fully saturated rings. The highest BCUT2D eigenvalue weighted by atomic mass is 32.2. The second-order valence-electron chi connectivity index (χ2n) is 6.98. The number of benzene rings is 2. The van der Waals surface area contributed by atoms with Gasteiger partial charge in [0.05, 0.1) is 12.0 Å². The molecule has 0 unspecified atom stereocenters. The molecule has 1 aliphatic heterocycles. The molecule has 3 rings (SSSR count). The van der Waals surface area contributed by atoms with Crippen molar-refractivity contribution in [2.75, 3.05) is 33.3 Å². The Morgan fingerprint density at radius 3 is 2.24 bits per heavy atom. The van der Waals surface area contributed by atoms with Crippen LogP contribution in [0.3, 0.4) is 0 Å². The van der Waals surface area contributed by atoms with Crippen molar-refractivity contribution in [1.82, 2.24) is 9.21 Å². The number of carbonyl (C=O) groups excluding carboxylic acids is 1. The highest BCUT2D eigenvalue weighted by Gasteiger charge is 2.32. The molecule has 0 radical (unpaired) electrons. The second-order valence-corrected chi connectivity index (χ2v) is 8.92. The number of nitrogens with zero attached hydrogens (tertiary/aromatic N) is 2. The summed E-state index contributed by atoms with van der Waals surface area (Å²) < 4.78 is 37.9. The summed E-state index contributed by atoms with van der Waals surface area (Å²) in [4.78, 5) is 14.6. The number of piperazine rings is 1. The van der Waals surface area contributed by atoms with E-state index < -0.39 is 16.1 Å². The molecule has 156 valence electrons. The molecule has 1 atom stereocenters. The predicted molar refractivity (Wildman–Crippen MR) is 110 cm³/mol. The topological polar surface area (TPSA) is 76.2 Å². The molecule has 29 heavy (non-hydrogen) atoms. The van der Waals surface area contributed by atoms with Crippen LogP contribution in [0.25, 0.3) is 0 Å². The first-order valence-corrected chi connectivity index (χ1v) is 10.9. The van der Waals surface area contributed by atoms with Gasteiger partial charge in [-0.15, -0.1) is 0 Å². The number of hydrogen-bond acceptors (Lipinski definition) is 5. The van der Waals surface area contributed by atoms with E-state index >= 15 is 0 Å². The van der Waals surface area contributed by atoms with Crippen LogP contribution in [0.1, 0.15) is 12.5 Å². The van der Waals surface area contributed by atoms with Gasteiger partial charge in [-0.2, -0.15) is 4.31 Å². The minimum absolute atomic E-state index is 0.166. The fourth-order valence-corrected chi connectivity index (χ4v) is 4.62. The highest BCUT2D eigenvalue weighted by molar-refractivity contribution is 7.89. The molecule has 1 amide bonds. The standard InChI is InChI=1S/C21H26N2O5S/c1-16-7-9-20(10-8-16)29(25,26)23-13-11-22(12-14-23)21(24)17(2)28-19-6-4-5-18(15-19)27-3/h4-10,15,17H,11-14H2,1-3H3/t17-/m0/s1. The van der Waals surface area contributed by atoms with Crippen molar-refractivity contribution in [1.29, 1.82) is 0 Å². The predicted octanol–water partition coefficient (Wildman–Crippen LogP) is 2.30. The van der Waals surface area contributed by atoms with Gasteiger partial charge in [0.1, 0.15) is 11.5 Å². The molecule has 0 aromatic heterocycles. The Balaban J connectivity index is 1.59. The third kappa shape index (κ3) is 4.89. The van der Waals surface area contributed by atoms with E-state index in [1.807, 2.05) is 6.92 Å². The number of aryl methyl sites for hydroxylation is 1. The van der Waals surface area contributed by atoms with Gasteiger partial charge in [0.25, 0.3) is 5.91 Å². The molecule has 8 heteroatoms. The van der Waals surface area contributed by atoms with Gasteiger partial charge in [-0.3, -0.25) is 4.79 Å². The largest absolute Gasteiger partial charge is 0.497 e. The lowest BCUT2D eigenvalue weighted by Gasteiger charge is -2.35. The van der Waals surface area contributed by atoms with Crippen molar-refractivity contribution in [3.8, 4) is 11.5 Å². The van der Waals surface area contributed by atoms with Gasteiger partial charge in [0.15, 0.2) is 6.10 Å². The summed E-state index contributed by atoms with van der Waals surface area (Å²) in [7, 11) is -1.99. The number of rotatable bonds is 6. The van der Waals surface area contributed by atoms with Crippen LogP contribution in [0.15, 0.2) is 53.4 Å². The first-order valence-electron chi connectivity index (χ1n) is 9.47. The number of carbonyl (C=O) groups is 1. The molecule has 0 spiro atoms. The van der Waals surface area contributed by atoms with Gasteiger partial charge >= 0.3 is 0 Å². The molecule has 1 saturated heterocycles. The first kappa shape index (κ1) is 21.1. The van der Waals surface area contributed by atoms with E-state index in [2.05, 4.69) is 0 Å². The summed E-state index contributed by atoms with van der Waals surface area (Å²) in [5.74, 6) is 1.03. The van der Waals surface area contributed by atoms with Crippen molar-refractivity contribution in [2.45, 2.75) is 24.8 Å². The Labute approximate surface area is 171 Å². The molecular formula is C21H26N2O5S. The zero-order valence-electron chi connectivity index (χ0n) is 16.9. The van der Waals surface area contributed by atoms with E-state index in [1.54, 1.807) is 67.5 Å². The summed E-state index contributed by atoms with van der Waals surface area (Å²) in [6.45, 7) is 4.78. The van der Waals surface area contributed by atoms with Crippen molar-refractivity contribution in [3.05, 3.63) is 54.1 Å². The Morgan fingerprint density at radius 1 is 1.00 bits per heavy atom. The normalized spacial score (nSPS) is 16.3. The van der Waals surface area contributed by atoms with Crippen LogP contribution in [0, 0.1) is 6.92 Å². The SMILES string of the molecule is COc1cccc(O[C@@H](C)C(=O)N2CCN(S(=O)(=O)c3ccc(C)cc3)CC2)c1. The van der Waals surface area contributed by atoms with E-state index in [9.17, 15) is 13.2 Å². The van der Waals surface area contributed by atoms with Gasteiger partial charge in [-0.1, -0.05) is 23.8 Å². The molecule has 7 nitrogen and oxygen atoms in total. The molecule has 1 aliphatic rings. The van der Waals surface area contributed by atoms with Gasteiger partial charge < -0.3 is 14.4 Å². The number of hydrogen-bond donors (Lipinski definition) is 0. The summed E-state index contributed by atoms with van der Waals surface area (Å²) >= 11 is 0. The molecule has 0 saturated carbocycles. The average Bonchev–Trinajstić information content (AvgIpc) is 2.73. The summed E-state index contributed by atoms with van der Waals surface area (Å²) in [6.07, 6.45) is -0.678. The van der Waals surface area contributed by atoms with Crippen molar-refractivity contribution in [2.24, 2.45) is 0 Å². The maximum absolute atomic E-state index is 12.8. The minimum Gasteiger partial charge on any atom is -0.497 e.